The van der Waals surface area contributed by atoms with Crippen LogP contribution < -0.4 is 10.9 Å². The fourth-order valence-corrected chi connectivity index (χ4v) is 2.76. The Bertz CT molecular complexity index is 739. The third-order valence-corrected chi connectivity index (χ3v) is 4.14. The fourth-order valence-electron chi connectivity index (χ4n) is 2.76. The summed E-state index contributed by atoms with van der Waals surface area (Å²) in [6.07, 6.45) is 3.44. The first kappa shape index (κ1) is 18.0. The van der Waals surface area contributed by atoms with Gasteiger partial charge in [-0.05, 0) is 36.8 Å². The van der Waals surface area contributed by atoms with Gasteiger partial charge in [-0.3, -0.25) is 0 Å². The molecule has 1 aromatic carbocycles. The first-order valence-corrected chi connectivity index (χ1v) is 8.52. The number of carbonyl (C=O) groups excluding carboxylic acids is 1. The molecule has 24 heavy (non-hydrogen) atoms. The van der Waals surface area contributed by atoms with Crippen molar-refractivity contribution < 1.29 is 9.32 Å². The van der Waals surface area contributed by atoms with Gasteiger partial charge in [0, 0.05) is 6.54 Å². The summed E-state index contributed by atoms with van der Waals surface area (Å²) >= 11 is 0. The molecule has 0 saturated carbocycles. The number of benzene rings is 1. The lowest BCUT2D eigenvalue weighted by Crippen LogP contribution is -2.28. The van der Waals surface area contributed by atoms with E-state index in [1.165, 1.54) is 18.4 Å². The maximum atomic E-state index is 12.3. The van der Waals surface area contributed by atoms with E-state index in [4.69, 9.17) is 4.52 Å². The van der Waals surface area contributed by atoms with Crippen LogP contribution in [0, 0.1) is 6.92 Å². The zero-order chi connectivity index (χ0) is 17.7. The summed E-state index contributed by atoms with van der Waals surface area (Å²) in [5, 5.41) is 2.79. The molecule has 1 aromatic heterocycles. The molecule has 5 nitrogen and oxygen atoms in total. The third-order valence-electron chi connectivity index (χ3n) is 4.14. The van der Waals surface area contributed by atoms with Gasteiger partial charge in [0.1, 0.15) is 0 Å². The Balaban J connectivity index is 2.01. The van der Waals surface area contributed by atoms with E-state index >= 15 is 0 Å². The third kappa shape index (κ3) is 4.16. The van der Waals surface area contributed by atoms with E-state index in [0.29, 0.717) is 17.8 Å². The van der Waals surface area contributed by atoms with Crippen LogP contribution in [0.15, 0.2) is 33.6 Å². The molecular formula is C19H26N2O3. The van der Waals surface area contributed by atoms with Crippen molar-refractivity contribution in [2.24, 2.45) is 0 Å². The van der Waals surface area contributed by atoms with Gasteiger partial charge in [-0.2, -0.15) is 0 Å². The van der Waals surface area contributed by atoms with E-state index in [1.54, 1.807) is 6.92 Å². The molecule has 0 radical (unpaired) electrons. The Kier molecular flexibility index (Phi) is 6.01. The summed E-state index contributed by atoms with van der Waals surface area (Å²) in [5.74, 6) is 0.0194. The molecule has 0 spiro atoms. The summed E-state index contributed by atoms with van der Waals surface area (Å²) in [4.78, 5) is 24.1. The molecule has 0 atom stereocenters. The number of nitrogens with zero attached hydrogens (tertiary/aromatic N) is 1. The Hall–Kier alpha value is -2.30. The van der Waals surface area contributed by atoms with Crippen LogP contribution >= 0.6 is 0 Å². The van der Waals surface area contributed by atoms with Crippen LogP contribution in [0.25, 0.3) is 0 Å². The highest BCUT2D eigenvalue weighted by atomic mass is 16.5. The van der Waals surface area contributed by atoms with Crippen LogP contribution in [0.3, 0.4) is 0 Å². The number of aryl methyl sites for hydroxylation is 1. The summed E-state index contributed by atoms with van der Waals surface area (Å²) in [6, 6.07) is 7.79. The van der Waals surface area contributed by atoms with Gasteiger partial charge in [0.15, 0.2) is 0 Å². The highest BCUT2D eigenvalue weighted by Crippen LogP contribution is 2.15. The van der Waals surface area contributed by atoms with Crippen LogP contribution in [-0.2, 0) is 13.0 Å². The minimum absolute atomic E-state index is 0.0194. The van der Waals surface area contributed by atoms with Crippen LogP contribution in [0.2, 0.25) is 0 Å². The second-order valence-electron chi connectivity index (χ2n) is 6.41. The molecule has 0 bridgehead atoms. The molecule has 2 aromatic rings. The Morgan fingerprint density at radius 1 is 1.21 bits per heavy atom. The predicted molar refractivity (Wildman–Crippen MR) is 94.5 cm³/mol. The minimum Gasteiger partial charge on any atom is -0.331 e. The van der Waals surface area contributed by atoms with Crippen molar-refractivity contribution in [2.75, 3.05) is 0 Å². The van der Waals surface area contributed by atoms with Crippen LogP contribution in [0.5, 0.6) is 0 Å². The molecule has 0 saturated heterocycles. The Morgan fingerprint density at radius 2 is 1.83 bits per heavy atom. The molecule has 2 rings (SSSR count). The van der Waals surface area contributed by atoms with Crippen molar-refractivity contribution in [2.45, 2.75) is 59.4 Å². The van der Waals surface area contributed by atoms with Crippen molar-refractivity contribution in [1.82, 2.24) is 10.1 Å². The quantitative estimate of drug-likeness (QED) is 0.871. The second kappa shape index (κ2) is 7.99. The van der Waals surface area contributed by atoms with Crippen LogP contribution in [-0.4, -0.2) is 10.8 Å². The van der Waals surface area contributed by atoms with Gasteiger partial charge in [-0.15, -0.1) is 4.74 Å². The van der Waals surface area contributed by atoms with Crippen molar-refractivity contribution >= 4 is 6.03 Å². The summed E-state index contributed by atoms with van der Waals surface area (Å²) in [7, 11) is 0. The van der Waals surface area contributed by atoms with E-state index in [1.807, 2.05) is 26.0 Å². The molecule has 1 amide bonds. The zero-order valence-electron chi connectivity index (χ0n) is 14.9. The molecule has 0 unspecified atom stereocenters. The molecule has 5 heteroatoms. The first-order chi connectivity index (χ1) is 11.4. The lowest BCUT2D eigenvalue weighted by molar-refractivity contribution is 0.205. The van der Waals surface area contributed by atoms with Crippen molar-refractivity contribution in [1.29, 1.82) is 0 Å². The molecule has 0 fully saturated rings. The molecule has 1 heterocycles. The summed E-state index contributed by atoms with van der Waals surface area (Å²) in [5.41, 5.74) is 2.98. The zero-order valence-corrected chi connectivity index (χ0v) is 14.9. The van der Waals surface area contributed by atoms with Gasteiger partial charge in [0.2, 0.25) is 0 Å². The SMILES string of the molecule is CCCCc1ccc(CNC(=O)n2oc(=O)c(C(C)C)c2C)cc1. The number of hydrogen-bond donors (Lipinski definition) is 1. The number of rotatable bonds is 6. The van der Waals surface area contributed by atoms with E-state index in [-0.39, 0.29) is 5.92 Å². The van der Waals surface area contributed by atoms with E-state index in [2.05, 4.69) is 24.4 Å². The average Bonchev–Trinajstić information content (AvgIpc) is 2.86. The van der Waals surface area contributed by atoms with Gasteiger partial charge in [0.25, 0.3) is 0 Å². The first-order valence-electron chi connectivity index (χ1n) is 8.52. The van der Waals surface area contributed by atoms with Crippen molar-refractivity contribution in [3.63, 3.8) is 0 Å². The van der Waals surface area contributed by atoms with Gasteiger partial charge in [-0.25, -0.2) is 9.59 Å². The number of amides is 1. The maximum absolute atomic E-state index is 12.3. The van der Waals surface area contributed by atoms with Gasteiger partial charge in [0.05, 0.1) is 11.3 Å². The number of nitrogens with one attached hydrogen (secondary N) is 1. The molecule has 1 N–H and O–H groups in total. The van der Waals surface area contributed by atoms with Gasteiger partial charge >= 0.3 is 11.7 Å². The lowest BCUT2D eigenvalue weighted by Gasteiger charge is -2.08. The largest absolute Gasteiger partial charge is 0.361 e. The van der Waals surface area contributed by atoms with Gasteiger partial charge in [-0.1, -0.05) is 51.5 Å². The number of hydrogen-bond acceptors (Lipinski definition) is 3. The maximum Gasteiger partial charge on any atom is 0.361 e. The Morgan fingerprint density at radius 3 is 2.38 bits per heavy atom. The monoisotopic (exact) mass is 330 g/mol. The second-order valence-corrected chi connectivity index (χ2v) is 6.41. The predicted octanol–water partition coefficient (Wildman–Crippen LogP) is 3.97. The number of carbonyl (C=O) groups is 1. The van der Waals surface area contributed by atoms with Crippen molar-refractivity contribution in [3.05, 3.63) is 57.1 Å². The normalized spacial score (nSPS) is 11.0. The molecule has 130 valence electrons. The molecule has 0 aliphatic rings. The molecule has 0 aliphatic carbocycles. The smallest absolute Gasteiger partial charge is 0.331 e. The van der Waals surface area contributed by atoms with Crippen LogP contribution in [0.4, 0.5) is 4.79 Å². The Labute approximate surface area is 142 Å². The number of aromatic nitrogens is 1. The lowest BCUT2D eigenvalue weighted by atomic mass is 10.1. The van der Waals surface area contributed by atoms with E-state index in [0.717, 1.165) is 16.7 Å². The van der Waals surface area contributed by atoms with E-state index < -0.39 is 11.7 Å². The minimum atomic E-state index is -0.446. The molecular weight excluding hydrogens is 304 g/mol. The standard InChI is InChI=1S/C19H26N2O3/c1-5-6-7-15-8-10-16(11-9-15)12-20-19(23)21-14(4)17(13(2)3)18(22)24-21/h8-11,13H,5-7,12H2,1-4H3,(H,20,23). The molecule has 0 aliphatic heterocycles. The van der Waals surface area contributed by atoms with Crippen molar-refractivity contribution in [3.8, 4) is 0 Å². The van der Waals surface area contributed by atoms with E-state index in [9.17, 15) is 9.59 Å². The summed E-state index contributed by atoms with van der Waals surface area (Å²) in [6.45, 7) is 8.10. The topological polar surface area (TPSA) is 64.2 Å². The average molecular weight is 330 g/mol. The van der Waals surface area contributed by atoms with Crippen LogP contribution in [0.1, 0.15) is 61.9 Å². The number of unbranched alkanes of at least 4 members (excludes halogenated alkanes) is 1. The fraction of sp³-hybridized carbons (Fsp3) is 0.474. The highest BCUT2D eigenvalue weighted by Gasteiger charge is 2.20. The summed E-state index contributed by atoms with van der Waals surface area (Å²) < 4.78 is 6.12. The highest BCUT2D eigenvalue weighted by molar-refractivity contribution is 5.76. The van der Waals surface area contributed by atoms with Gasteiger partial charge < -0.3 is 9.84 Å².